The molecule has 0 radical (unpaired) electrons. The molecule has 1 unspecified atom stereocenters. The number of carbonyl (C=O) groups excluding carboxylic acids is 7. The summed E-state index contributed by atoms with van der Waals surface area (Å²) < 4.78 is 31.4. The molecule has 3 aliphatic carbocycles. The number of halogens is 2. The van der Waals surface area contributed by atoms with E-state index in [1.54, 1.807) is 23.8 Å². The fraction of sp³-hybridized carbons (Fsp3) is 0.628. The van der Waals surface area contributed by atoms with Gasteiger partial charge in [-0.15, -0.1) is 0 Å². The highest BCUT2D eigenvalue weighted by Crippen LogP contribution is 2.41. The number of amides is 7. The Hall–Kier alpha value is -7.87. The van der Waals surface area contributed by atoms with E-state index < -0.39 is 41.3 Å². The van der Waals surface area contributed by atoms with Crippen LogP contribution in [0.25, 0.3) is 0 Å². The second kappa shape index (κ2) is 33.9. The van der Waals surface area contributed by atoms with Crippen molar-refractivity contribution in [2.45, 2.75) is 198 Å². The van der Waals surface area contributed by atoms with Crippen LogP contribution in [0, 0.1) is 34.8 Å². The zero-order chi connectivity index (χ0) is 72.4. The minimum Gasteiger partial charge on any atom is -0.366 e. The van der Waals surface area contributed by atoms with E-state index in [1.807, 2.05) is 36.4 Å². The van der Waals surface area contributed by atoms with Crippen molar-refractivity contribution in [3.63, 3.8) is 0 Å². The number of piperidine rings is 2. The Balaban J connectivity index is 0.530. The van der Waals surface area contributed by atoms with E-state index in [1.165, 1.54) is 24.0 Å². The third-order valence-corrected chi connectivity index (χ3v) is 23.8. The predicted molar refractivity (Wildman–Crippen MR) is 392 cm³/mol. The van der Waals surface area contributed by atoms with Crippen molar-refractivity contribution in [2.24, 2.45) is 23.2 Å². The maximum Gasteiger partial charge on any atom is 0.246 e. The molecule has 1 aromatic heterocycles. The highest BCUT2D eigenvalue weighted by molar-refractivity contribution is 5.94. The standard InChI is InChI=1S/C78H110F2N16O7/c1-51(81-4)74(101)89-73(55-16-7-6-8-17-55)76(103)96-47-59(39-66(96)75(102)88-64-20-12-18-54-15-9-10-19-61(54)64)87-71(99)22-21-69(97)82-28-34-91(5)60-36-56-44-93(45-57(56)37-60)29-23-70(98)84-43-53-14-11-13-52(35-53)42-83-67-41-68(86-50-85-67)94-32-26-78(27-33-94)49-95(48-72(100)90-78)65-40-62(79)58(38-63(65)80)46-92-30-24-77(2,3)25-31-92/h9-11,13-15,19,35,38,40-41,50-51,55-57,59-60,64,66,73,81H,6-8,12,16-18,20-34,36-37,39,42-49H2,1-5H3,(H,82,97)(H,84,98)(H,87,99)(H,88,102)(H,89,101)(H,90,100)(H,83,85,86)/t51-,56-,57+,59-,60-,64?,66-,73-/m0/s1. The number of likely N-dealkylation sites (N-methyl/N-ethyl adjacent to an activating group) is 2. The molecule has 5 aliphatic heterocycles. The van der Waals surface area contributed by atoms with Crippen LogP contribution >= 0.6 is 0 Å². The van der Waals surface area contributed by atoms with Crippen LogP contribution in [0.15, 0.2) is 73.1 Å². The van der Waals surface area contributed by atoms with Gasteiger partial charge < -0.3 is 67.0 Å². The lowest BCUT2D eigenvalue weighted by Crippen LogP contribution is -2.66. The lowest BCUT2D eigenvalue weighted by atomic mass is 9.82. The number of anilines is 3. The van der Waals surface area contributed by atoms with Crippen LogP contribution in [0.3, 0.4) is 0 Å². The average molecular weight is 1420 g/mol. The van der Waals surface area contributed by atoms with Gasteiger partial charge in [0, 0.05) is 128 Å². The van der Waals surface area contributed by atoms with Crippen molar-refractivity contribution in [1.29, 1.82) is 0 Å². The molecular formula is C78H110F2N16O7. The molecule has 103 heavy (non-hydrogen) atoms. The molecule has 23 nitrogen and oxygen atoms in total. The fourth-order valence-corrected chi connectivity index (χ4v) is 17.4. The third kappa shape index (κ3) is 19.4. The first-order valence-electron chi connectivity index (χ1n) is 38.2. The average Bonchev–Trinajstić information content (AvgIpc) is 1.47. The van der Waals surface area contributed by atoms with E-state index in [9.17, 15) is 33.6 Å². The lowest BCUT2D eigenvalue weighted by Gasteiger charge is -2.48. The van der Waals surface area contributed by atoms with Crippen molar-refractivity contribution < 1.29 is 42.3 Å². The molecule has 5 saturated heterocycles. The Labute approximate surface area is 606 Å². The molecule has 25 heteroatoms. The van der Waals surface area contributed by atoms with Gasteiger partial charge in [-0.1, -0.05) is 81.6 Å². The number of hydrogen-bond acceptors (Lipinski definition) is 16. The molecule has 7 amide bonds. The summed E-state index contributed by atoms with van der Waals surface area (Å²) >= 11 is 0. The van der Waals surface area contributed by atoms with E-state index in [-0.39, 0.29) is 96.8 Å². The van der Waals surface area contributed by atoms with Gasteiger partial charge >= 0.3 is 0 Å². The maximum atomic E-state index is 15.8. The number of fused-ring (bicyclic) bond motifs is 2. The Morgan fingerprint density at radius 1 is 0.738 bits per heavy atom. The number of aryl methyl sites for hydroxylation is 1. The number of hydrogen-bond donors (Lipinski definition) is 8. The molecule has 4 aromatic rings. The molecule has 3 aromatic carbocycles. The zero-order valence-electron chi connectivity index (χ0n) is 61.2. The molecule has 8 atom stereocenters. The molecule has 8 N–H and O–H groups in total. The Kier molecular flexibility index (Phi) is 24.6. The molecule has 7 fully saturated rings. The first kappa shape index (κ1) is 74.8. The first-order valence-corrected chi connectivity index (χ1v) is 38.2. The minimum absolute atomic E-state index is 0.000386. The van der Waals surface area contributed by atoms with E-state index in [2.05, 4.69) is 111 Å². The van der Waals surface area contributed by atoms with Crippen LogP contribution in [0.4, 0.5) is 26.1 Å². The molecule has 8 aliphatic rings. The molecule has 0 bridgehead atoms. The number of nitrogens with zero attached hydrogens (tertiary/aromatic N) is 8. The van der Waals surface area contributed by atoms with Gasteiger partial charge in [0.05, 0.1) is 29.9 Å². The van der Waals surface area contributed by atoms with E-state index in [0.717, 1.165) is 126 Å². The monoisotopic (exact) mass is 1420 g/mol. The van der Waals surface area contributed by atoms with Gasteiger partial charge in [-0.05, 0) is 163 Å². The Morgan fingerprint density at radius 3 is 2.22 bits per heavy atom. The summed E-state index contributed by atoms with van der Waals surface area (Å²) in [5.74, 6) is -0.139. The van der Waals surface area contributed by atoms with Crippen molar-refractivity contribution >= 4 is 58.7 Å². The number of carbonyl (C=O) groups is 7. The van der Waals surface area contributed by atoms with Crippen LogP contribution in [0.5, 0.6) is 0 Å². The van der Waals surface area contributed by atoms with Crippen LogP contribution in [-0.2, 0) is 59.6 Å². The number of nitrogens with one attached hydrogen (secondary N) is 8. The van der Waals surface area contributed by atoms with Crippen LogP contribution in [0.2, 0.25) is 0 Å². The zero-order valence-corrected chi connectivity index (χ0v) is 61.2. The molecule has 2 saturated carbocycles. The summed E-state index contributed by atoms with van der Waals surface area (Å²) in [6.07, 6.45) is 14.7. The van der Waals surface area contributed by atoms with E-state index in [4.69, 9.17) is 0 Å². The second-order valence-corrected chi connectivity index (χ2v) is 31.8. The smallest absolute Gasteiger partial charge is 0.246 e. The van der Waals surface area contributed by atoms with E-state index in [0.29, 0.717) is 107 Å². The van der Waals surface area contributed by atoms with Gasteiger partial charge in [-0.25, -0.2) is 18.7 Å². The molecule has 1 spiro atoms. The first-order chi connectivity index (χ1) is 49.6. The topological polar surface area (TPSA) is 261 Å². The van der Waals surface area contributed by atoms with Gasteiger partial charge in [-0.2, -0.15) is 0 Å². The quantitative estimate of drug-likeness (QED) is 0.0319. The highest BCUT2D eigenvalue weighted by atomic mass is 19.1. The van der Waals surface area contributed by atoms with Crippen LogP contribution in [-0.4, -0.2) is 199 Å². The molecule has 12 rings (SSSR count). The summed E-state index contributed by atoms with van der Waals surface area (Å²) in [4.78, 5) is 117. The Bertz CT molecular complexity index is 3640. The van der Waals surface area contributed by atoms with Crippen molar-refractivity contribution in [3.8, 4) is 0 Å². The van der Waals surface area contributed by atoms with Gasteiger partial charge in [0.25, 0.3) is 0 Å². The van der Waals surface area contributed by atoms with Crippen LogP contribution < -0.4 is 52.3 Å². The maximum absolute atomic E-state index is 15.8. The minimum atomic E-state index is -0.856. The van der Waals surface area contributed by atoms with Crippen molar-refractivity contribution in [2.75, 3.05) is 108 Å². The Morgan fingerprint density at radius 2 is 1.47 bits per heavy atom. The highest BCUT2D eigenvalue weighted by Gasteiger charge is 2.47. The number of piperazine rings is 1. The van der Waals surface area contributed by atoms with Crippen LogP contribution in [0.1, 0.15) is 164 Å². The largest absolute Gasteiger partial charge is 0.366 e. The third-order valence-electron chi connectivity index (χ3n) is 23.8. The van der Waals surface area contributed by atoms with Crippen molar-refractivity contribution in [3.05, 3.63) is 113 Å². The van der Waals surface area contributed by atoms with Crippen molar-refractivity contribution in [1.82, 2.24) is 66.8 Å². The summed E-state index contributed by atoms with van der Waals surface area (Å²) in [6, 6.07) is 18.2. The number of likely N-dealkylation sites (tertiary alicyclic amines) is 3. The summed E-state index contributed by atoms with van der Waals surface area (Å²) in [5, 5.41) is 25.2. The van der Waals surface area contributed by atoms with Gasteiger partial charge in [0.1, 0.15) is 41.7 Å². The molecule has 6 heterocycles. The summed E-state index contributed by atoms with van der Waals surface area (Å²) in [7, 11) is 3.81. The fourth-order valence-electron chi connectivity index (χ4n) is 17.4. The summed E-state index contributed by atoms with van der Waals surface area (Å²) in [6.45, 7) is 14.6. The van der Waals surface area contributed by atoms with Gasteiger partial charge in [-0.3, -0.25) is 38.5 Å². The second-order valence-electron chi connectivity index (χ2n) is 31.8. The lowest BCUT2D eigenvalue weighted by molar-refractivity contribution is -0.143. The number of aromatic nitrogens is 2. The number of rotatable bonds is 27. The molecular weight excluding hydrogens is 1310 g/mol. The number of benzene rings is 3. The SMILES string of the molecule is CN[C@@H](C)C(=O)N[C@H](C(=O)N1C[C@@H](NC(=O)CCC(=O)NCCN(C)[C@@H]2C[C@@H]3CN(CCC(=O)NCc4cccc(CNc5cc(N6CCC7(CC6)CN(c6cc(F)c(CN8CCC(C)(C)CC8)cc6F)CC(=O)N7)ncn5)c4)C[C@@H]3C2)C[C@H]1C(=O)NC1CCCc2ccccc21)C1CCCCC1. The van der Waals surface area contributed by atoms with Gasteiger partial charge in [0.15, 0.2) is 0 Å². The van der Waals surface area contributed by atoms with E-state index >= 15 is 8.78 Å². The predicted octanol–water partition coefficient (Wildman–Crippen LogP) is 6.46. The molecule has 558 valence electrons. The van der Waals surface area contributed by atoms with Gasteiger partial charge in [0.2, 0.25) is 41.4 Å². The summed E-state index contributed by atoms with van der Waals surface area (Å²) in [5.41, 5.74) is 4.43. The normalized spacial score (nSPS) is 24.0.